The van der Waals surface area contributed by atoms with Crippen molar-refractivity contribution in [2.24, 2.45) is 5.92 Å². The molecule has 0 amide bonds. The highest BCUT2D eigenvalue weighted by Crippen LogP contribution is 2.26. The lowest BCUT2D eigenvalue weighted by Gasteiger charge is -2.26. The van der Waals surface area contributed by atoms with Gasteiger partial charge in [0.25, 0.3) is 0 Å². The number of hydrogen-bond donors (Lipinski definition) is 2. The summed E-state index contributed by atoms with van der Waals surface area (Å²) >= 11 is 6.73. The highest BCUT2D eigenvalue weighted by Gasteiger charge is 2.28. The van der Waals surface area contributed by atoms with Crippen LogP contribution >= 0.6 is 22.9 Å². The average molecular weight is 324 g/mol. The number of sulfonamides is 1. The second-order valence-electron chi connectivity index (χ2n) is 4.32. The van der Waals surface area contributed by atoms with Gasteiger partial charge < -0.3 is 5.11 Å². The summed E-state index contributed by atoms with van der Waals surface area (Å²) in [6.45, 7) is 7.31. The monoisotopic (exact) mass is 323 g/mol. The van der Waals surface area contributed by atoms with Crippen LogP contribution in [-0.4, -0.2) is 25.7 Å². The van der Waals surface area contributed by atoms with Crippen LogP contribution in [0, 0.1) is 5.92 Å². The smallest absolute Gasteiger partial charge is 0.250 e. The molecule has 108 valence electrons. The van der Waals surface area contributed by atoms with Gasteiger partial charge in [0.05, 0.1) is 16.5 Å². The van der Waals surface area contributed by atoms with Crippen LogP contribution in [0.15, 0.2) is 29.0 Å². The Morgan fingerprint density at radius 3 is 2.63 bits per heavy atom. The van der Waals surface area contributed by atoms with Crippen LogP contribution in [0.1, 0.15) is 20.3 Å². The van der Waals surface area contributed by atoms with Crippen LogP contribution in [0.4, 0.5) is 0 Å². The Kier molecular flexibility index (Phi) is 6.01. The van der Waals surface area contributed by atoms with Gasteiger partial charge in [-0.3, -0.25) is 0 Å². The summed E-state index contributed by atoms with van der Waals surface area (Å²) in [5.41, 5.74) is 0. The molecule has 0 aliphatic heterocycles. The Balaban J connectivity index is 2.98. The first-order chi connectivity index (χ1) is 8.81. The zero-order valence-corrected chi connectivity index (χ0v) is 13.2. The fourth-order valence-corrected chi connectivity index (χ4v) is 4.46. The Labute approximate surface area is 123 Å². The third-order valence-corrected chi connectivity index (χ3v) is 6.15. The normalized spacial score (nSPS) is 16.8. The van der Waals surface area contributed by atoms with E-state index < -0.39 is 22.2 Å². The van der Waals surface area contributed by atoms with Crippen LogP contribution < -0.4 is 4.72 Å². The molecule has 19 heavy (non-hydrogen) atoms. The number of aliphatic hydroxyl groups excluding tert-OH is 1. The highest BCUT2D eigenvalue weighted by atomic mass is 35.5. The van der Waals surface area contributed by atoms with Crippen molar-refractivity contribution in [3.8, 4) is 0 Å². The lowest BCUT2D eigenvalue weighted by molar-refractivity contribution is 0.153. The van der Waals surface area contributed by atoms with Crippen LogP contribution in [0.5, 0.6) is 0 Å². The van der Waals surface area contributed by atoms with Crippen molar-refractivity contribution >= 4 is 33.0 Å². The molecule has 1 rings (SSSR count). The molecule has 0 aromatic carbocycles. The SMILES string of the molecule is C=CC(O)[C@@H](NS(=O)(=O)c1ccc(Cl)s1)[C@@H](C)CC. The Morgan fingerprint density at radius 1 is 1.58 bits per heavy atom. The van der Waals surface area contributed by atoms with Crippen molar-refractivity contribution in [3.63, 3.8) is 0 Å². The minimum absolute atomic E-state index is 0.0155. The summed E-state index contributed by atoms with van der Waals surface area (Å²) < 4.78 is 27.5. The predicted molar refractivity (Wildman–Crippen MR) is 79.1 cm³/mol. The molecular formula is C12H18ClNO3S2. The maximum Gasteiger partial charge on any atom is 0.250 e. The molecule has 0 spiro atoms. The number of rotatable bonds is 7. The van der Waals surface area contributed by atoms with Gasteiger partial charge in [-0.25, -0.2) is 13.1 Å². The van der Waals surface area contributed by atoms with E-state index in [4.69, 9.17) is 11.6 Å². The molecule has 1 aromatic rings. The lowest BCUT2D eigenvalue weighted by atomic mass is 9.95. The Hall–Kier alpha value is -0.400. The van der Waals surface area contributed by atoms with Crippen LogP contribution in [-0.2, 0) is 10.0 Å². The molecule has 0 aliphatic rings. The molecule has 7 heteroatoms. The summed E-state index contributed by atoms with van der Waals surface area (Å²) in [7, 11) is -3.67. The second-order valence-corrected chi connectivity index (χ2v) is 7.97. The number of aliphatic hydroxyl groups is 1. The van der Waals surface area contributed by atoms with E-state index in [1.165, 1.54) is 18.2 Å². The van der Waals surface area contributed by atoms with Gasteiger partial charge in [-0.05, 0) is 18.1 Å². The molecule has 1 unspecified atom stereocenters. The summed E-state index contributed by atoms with van der Waals surface area (Å²) in [5, 5.41) is 9.87. The van der Waals surface area contributed by atoms with Crippen molar-refractivity contribution in [3.05, 3.63) is 29.1 Å². The summed E-state index contributed by atoms with van der Waals surface area (Å²) in [5.74, 6) is -0.0155. The van der Waals surface area contributed by atoms with Crippen LogP contribution in [0.3, 0.4) is 0 Å². The third-order valence-electron chi connectivity index (χ3n) is 2.97. The second kappa shape index (κ2) is 6.85. The van der Waals surface area contributed by atoms with Gasteiger partial charge in [0, 0.05) is 0 Å². The maximum atomic E-state index is 12.2. The molecule has 0 saturated heterocycles. The van der Waals surface area contributed by atoms with Crippen molar-refractivity contribution in [1.29, 1.82) is 0 Å². The first-order valence-corrected chi connectivity index (χ1v) is 8.57. The van der Waals surface area contributed by atoms with E-state index in [0.29, 0.717) is 4.34 Å². The van der Waals surface area contributed by atoms with Crippen molar-refractivity contribution in [2.45, 2.75) is 36.6 Å². The van der Waals surface area contributed by atoms with E-state index in [2.05, 4.69) is 11.3 Å². The number of nitrogens with one attached hydrogen (secondary N) is 1. The molecule has 2 N–H and O–H groups in total. The van der Waals surface area contributed by atoms with Crippen LogP contribution in [0.2, 0.25) is 4.34 Å². The molecule has 0 radical (unpaired) electrons. The molecule has 4 nitrogen and oxygen atoms in total. The highest BCUT2D eigenvalue weighted by molar-refractivity contribution is 7.91. The van der Waals surface area contributed by atoms with E-state index >= 15 is 0 Å². The van der Waals surface area contributed by atoms with E-state index in [1.807, 2.05) is 13.8 Å². The molecule has 0 saturated carbocycles. The average Bonchev–Trinajstić information content (AvgIpc) is 2.81. The molecular weight excluding hydrogens is 306 g/mol. The number of thiophene rings is 1. The fourth-order valence-electron chi connectivity index (χ4n) is 1.60. The minimum Gasteiger partial charge on any atom is -0.387 e. The topological polar surface area (TPSA) is 66.4 Å². The van der Waals surface area contributed by atoms with E-state index in [-0.39, 0.29) is 10.1 Å². The van der Waals surface area contributed by atoms with Gasteiger partial charge in [0.15, 0.2) is 0 Å². The molecule has 0 fully saturated rings. The van der Waals surface area contributed by atoms with E-state index in [1.54, 1.807) is 0 Å². The summed E-state index contributed by atoms with van der Waals surface area (Å²) in [4.78, 5) is 0. The fraction of sp³-hybridized carbons (Fsp3) is 0.500. The largest absolute Gasteiger partial charge is 0.387 e. The van der Waals surface area contributed by atoms with Gasteiger partial charge >= 0.3 is 0 Å². The van der Waals surface area contributed by atoms with Gasteiger partial charge in [-0.1, -0.05) is 37.9 Å². The zero-order chi connectivity index (χ0) is 14.6. The standard InChI is InChI=1S/C12H18ClNO3S2/c1-4-8(3)12(9(15)5-2)14-19(16,17)11-7-6-10(13)18-11/h5-9,12,14-15H,2,4H2,1,3H3/t8-,9?,12-/m0/s1. The van der Waals surface area contributed by atoms with Gasteiger partial charge in [-0.2, -0.15) is 0 Å². The molecule has 0 bridgehead atoms. The Bertz CT molecular complexity index is 527. The zero-order valence-electron chi connectivity index (χ0n) is 10.8. The van der Waals surface area contributed by atoms with Gasteiger partial charge in [0.2, 0.25) is 10.0 Å². The molecule has 0 aliphatic carbocycles. The first-order valence-electron chi connectivity index (χ1n) is 5.90. The van der Waals surface area contributed by atoms with Gasteiger partial charge in [0.1, 0.15) is 4.21 Å². The van der Waals surface area contributed by atoms with Crippen LogP contribution in [0.25, 0.3) is 0 Å². The van der Waals surface area contributed by atoms with E-state index in [0.717, 1.165) is 17.8 Å². The van der Waals surface area contributed by atoms with Gasteiger partial charge in [-0.15, -0.1) is 17.9 Å². The maximum absolute atomic E-state index is 12.2. The first kappa shape index (κ1) is 16.7. The van der Waals surface area contributed by atoms with Crippen molar-refractivity contribution in [2.75, 3.05) is 0 Å². The molecule has 1 aromatic heterocycles. The Morgan fingerprint density at radius 2 is 2.21 bits per heavy atom. The van der Waals surface area contributed by atoms with Crippen molar-refractivity contribution in [1.82, 2.24) is 4.72 Å². The summed E-state index contributed by atoms with van der Waals surface area (Å²) in [6, 6.07) is 2.38. The lowest BCUT2D eigenvalue weighted by Crippen LogP contribution is -2.46. The molecule has 1 heterocycles. The summed E-state index contributed by atoms with van der Waals surface area (Å²) in [6.07, 6.45) is 1.14. The van der Waals surface area contributed by atoms with E-state index in [9.17, 15) is 13.5 Å². The number of halogens is 1. The quantitative estimate of drug-likeness (QED) is 0.758. The predicted octanol–water partition coefficient (Wildman–Crippen LogP) is 2.64. The number of hydrogen-bond acceptors (Lipinski definition) is 4. The van der Waals surface area contributed by atoms with Crippen molar-refractivity contribution < 1.29 is 13.5 Å². The molecule has 3 atom stereocenters. The minimum atomic E-state index is -3.67. The third kappa shape index (κ3) is 4.29.